The number of nitrogens with one attached hydrogen (secondary N) is 1. The van der Waals surface area contributed by atoms with Crippen molar-refractivity contribution in [1.82, 2.24) is 14.9 Å². The number of nitrogens with two attached hydrogens (primary N) is 1. The second-order valence-corrected chi connectivity index (χ2v) is 7.27. The summed E-state index contributed by atoms with van der Waals surface area (Å²) in [6, 6.07) is 11.7. The van der Waals surface area contributed by atoms with Crippen LogP contribution in [0.4, 0.5) is 11.5 Å². The highest BCUT2D eigenvalue weighted by Gasteiger charge is 2.16. The lowest BCUT2D eigenvalue weighted by molar-refractivity contribution is 0.0342. The van der Waals surface area contributed by atoms with Crippen LogP contribution in [-0.4, -0.2) is 57.3 Å². The van der Waals surface area contributed by atoms with E-state index in [1.165, 1.54) is 23.9 Å². The number of anilines is 2. The van der Waals surface area contributed by atoms with Crippen molar-refractivity contribution in [2.75, 3.05) is 37.4 Å². The molecule has 1 aromatic heterocycles. The smallest absolute Gasteiger partial charge is 0.278 e. The molecule has 0 spiro atoms. The number of amides is 1. The first kappa shape index (κ1) is 20.6. The lowest BCUT2D eigenvalue weighted by atomic mass is 10.1. The summed E-state index contributed by atoms with van der Waals surface area (Å²) in [7, 11) is 0. The van der Waals surface area contributed by atoms with Crippen molar-refractivity contribution in [3.05, 3.63) is 59.9 Å². The molecule has 0 unspecified atom stereocenters. The summed E-state index contributed by atoms with van der Waals surface area (Å²) in [5.41, 5.74) is 8.52. The number of carbonyl (C=O) groups excluding carboxylic acids is 1. The second-order valence-electron chi connectivity index (χ2n) is 7.27. The Bertz CT molecular complexity index is 1060. The van der Waals surface area contributed by atoms with Gasteiger partial charge in [-0.25, -0.2) is 9.97 Å². The van der Waals surface area contributed by atoms with E-state index in [-0.39, 0.29) is 28.7 Å². The summed E-state index contributed by atoms with van der Waals surface area (Å²) < 4.78 is 5.38. The quantitative estimate of drug-likeness (QED) is 0.493. The van der Waals surface area contributed by atoms with Crippen LogP contribution >= 0.6 is 0 Å². The number of nitrogens with zero attached hydrogens (tertiary/aromatic N) is 3. The van der Waals surface area contributed by atoms with Gasteiger partial charge in [-0.1, -0.05) is 24.3 Å². The predicted molar refractivity (Wildman–Crippen MR) is 116 cm³/mol. The minimum absolute atomic E-state index is 0.0189. The van der Waals surface area contributed by atoms with Crippen LogP contribution in [0.2, 0.25) is 0 Å². The number of morpholine rings is 1. The van der Waals surface area contributed by atoms with E-state index in [1.807, 2.05) is 24.3 Å². The molecule has 0 aliphatic carbocycles. The minimum atomic E-state index is -0.596. The van der Waals surface area contributed by atoms with Crippen molar-refractivity contribution < 1.29 is 19.7 Å². The first-order valence-electron chi connectivity index (χ1n) is 9.84. The van der Waals surface area contributed by atoms with Crippen LogP contribution in [0, 0.1) is 0 Å². The number of aromatic hydroxyl groups is 2. The molecule has 5 N–H and O–H groups in total. The fraction of sp³-hybridized carbons (Fsp3) is 0.227. The summed E-state index contributed by atoms with van der Waals surface area (Å²) in [6.07, 6.45) is 1.52. The first-order valence-corrected chi connectivity index (χ1v) is 9.84. The Kier molecular flexibility index (Phi) is 5.96. The summed E-state index contributed by atoms with van der Waals surface area (Å²) in [4.78, 5) is 23.5. The highest BCUT2D eigenvalue weighted by atomic mass is 16.5. The molecule has 2 heterocycles. The largest absolute Gasteiger partial charge is 0.508 e. The Hall–Kier alpha value is -3.69. The van der Waals surface area contributed by atoms with Crippen molar-refractivity contribution in [2.45, 2.75) is 6.54 Å². The van der Waals surface area contributed by atoms with E-state index in [4.69, 9.17) is 10.5 Å². The number of ether oxygens (including phenoxy) is 1. The SMILES string of the molecule is Nc1ncc(-c2ccc(CN3CCOCC3)cc2)nc1C(=O)Nc1cc(O)cc(O)c1. The van der Waals surface area contributed by atoms with Gasteiger partial charge in [0, 0.05) is 49.1 Å². The van der Waals surface area contributed by atoms with Gasteiger partial charge in [0.05, 0.1) is 25.1 Å². The van der Waals surface area contributed by atoms with Gasteiger partial charge in [0.1, 0.15) is 11.5 Å². The van der Waals surface area contributed by atoms with Crippen LogP contribution in [0.1, 0.15) is 16.1 Å². The summed E-state index contributed by atoms with van der Waals surface area (Å²) in [5.74, 6) is -0.976. The molecule has 9 nitrogen and oxygen atoms in total. The molecule has 1 fully saturated rings. The molecular formula is C22H23N5O4. The Labute approximate surface area is 179 Å². The van der Waals surface area contributed by atoms with E-state index in [0.29, 0.717) is 5.69 Å². The predicted octanol–water partition coefficient (Wildman–Crippen LogP) is 2.22. The van der Waals surface area contributed by atoms with Gasteiger partial charge < -0.3 is 26.0 Å². The molecule has 31 heavy (non-hydrogen) atoms. The van der Waals surface area contributed by atoms with E-state index < -0.39 is 5.91 Å². The zero-order valence-electron chi connectivity index (χ0n) is 16.8. The number of carbonyl (C=O) groups is 1. The van der Waals surface area contributed by atoms with Gasteiger partial charge in [0.15, 0.2) is 11.5 Å². The minimum Gasteiger partial charge on any atom is -0.508 e. The van der Waals surface area contributed by atoms with E-state index in [2.05, 4.69) is 20.2 Å². The fourth-order valence-corrected chi connectivity index (χ4v) is 3.36. The molecule has 3 aromatic rings. The number of hydrogen-bond acceptors (Lipinski definition) is 8. The number of benzene rings is 2. The highest BCUT2D eigenvalue weighted by molar-refractivity contribution is 6.06. The molecule has 2 aromatic carbocycles. The number of phenolic OH excluding ortho intramolecular Hbond substituents is 2. The summed E-state index contributed by atoms with van der Waals surface area (Å²) in [5, 5.41) is 21.7. The molecule has 0 radical (unpaired) electrons. The third-order valence-electron chi connectivity index (χ3n) is 4.94. The maximum absolute atomic E-state index is 12.6. The summed E-state index contributed by atoms with van der Waals surface area (Å²) in [6.45, 7) is 4.20. The van der Waals surface area contributed by atoms with Gasteiger partial charge in [0.25, 0.3) is 5.91 Å². The van der Waals surface area contributed by atoms with Gasteiger partial charge in [-0.05, 0) is 5.56 Å². The van der Waals surface area contributed by atoms with E-state index >= 15 is 0 Å². The second kappa shape index (κ2) is 8.99. The number of phenols is 2. The zero-order valence-corrected chi connectivity index (χ0v) is 16.8. The van der Waals surface area contributed by atoms with Crippen LogP contribution in [0.5, 0.6) is 11.5 Å². The van der Waals surface area contributed by atoms with Crippen LogP contribution in [0.25, 0.3) is 11.3 Å². The van der Waals surface area contributed by atoms with E-state index in [9.17, 15) is 15.0 Å². The Balaban J connectivity index is 1.51. The third-order valence-corrected chi connectivity index (χ3v) is 4.94. The molecule has 0 atom stereocenters. The number of aromatic nitrogens is 2. The van der Waals surface area contributed by atoms with Crippen molar-refractivity contribution in [3.63, 3.8) is 0 Å². The molecule has 1 saturated heterocycles. The Morgan fingerprint density at radius 2 is 1.77 bits per heavy atom. The molecule has 1 amide bonds. The highest BCUT2D eigenvalue weighted by Crippen LogP contribution is 2.25. The monoisotopic (exact) mass is 421 g/mol. The standard InChI is InChI=1S/C22H23N5O4/c23-21-20(22(30)25-16-9-17(28)11-18(29)10-16)26-19(12-24-21)15-3-1-14(2-4-15)13-27-5-7-31-8-6-27/h1-4,9-12,28-29H,5-8,13H2,(H2,23,24)(H,25,30). The molecule has 4 rings (SSSR count). The molecule has 1 aliphatic heterocycles. The lowest BCUT2D eigenvalue weighted by Gasteiger charge is -2.26. The van der Waals surface area contributed by atoms with Crippen LogP contribution in [-0.2, 0) is 11.3 Å². The zero-order chi connectivity index (χ0) is 21.8. The number of rotatable bonds is 5. The van der Waals surface area contributed by atoms with Gasteiger partial charge >= 0.3 is 0 Å². The summed E-state index contributed by atoms with van der Waals surface area (Å²) >= 11 is 0. The molecule has 0 saturated carbocycles. The maximum atomic E-state index is 12.6. The average molecular weight is 421 g/mol. The lowest BCUT2D eigenvalue weighted by Crippen LogP contribution is -2.35. The van der Waals surface area contributed by atoms with Gasteiger partial charge in [-0.2, -0.15) is 0 Å². The fourth-order valence-electron chi connectivity index (χ4n) is 3.36. The number of hydrogen-bond donors (Lipinski definition) is 4. The van der Waals surface area contributed by atoms with Crippen LogP contribution < -0.4 is 11.1 Å². The van der Waals surface area contributed by atoms with Crippen molar-refractivity contribution in [1.29, 1.82) is 0 Å². The van der Waals surface area contributed by atoms with Crippen molar-refractivity contribution in [2.24, 2.45) is 0 Å². The molecular weight excluding hydrogens is 398 g/mol. The molecule has 9 heteroatoms. The van der Waals surface area contributed by atoms with Crippen molar-refractivity contribution >= 4 is 17.4 Å². The topological polar surface area (TPSA) is 134 Å². The first-order chi connectivity index (χ1) is 15.0. The van der Waals surface area contributed by atoms with Gasteiger partial charge in [0.2, 0.25) is 0 Å². The van der Waals surface area contributed by atoms with E-state index in [1.54, 1.807) is 0 Å². The molecule has 1 aliphatic rings. The van der Waals surface area contributed by atoms with E-state index in [0.717, 1.165) is 44.5 Å². The van der Waals surface area contributed by atoms with Gasteiger partial charge in [-0.15, -0.1) is 0 Å². The Morgan fingerprint density at radius 3 is 2.45 bits per heavy atom. The van der Waals surface area contributed by atoms with Gasteiger partial charge in [-0.3, -0.25) is 9.69 Å². The van der Waals surface area contributed by atoms with Crippen molar-refractivity contribution in [3.8, 4) is 22.8 Å². The number of nitrogen functional groups attached to an aromatic ring is 1. The molecule has 160 valence electrons. The van der Waals surface area contributed by atoms with Crippen LogP contribution in [0.3, 0.4) is 0 Å². The normalized spacial score (nSPS) is 14.3. The Morgan fingerprint density at radius 1 is 1.10 bits per heavy atom. The van der Waals surface area contributed by atoms with Crippen LogP contribution in [0.15, 0.2) is 48.7 Å². The molecule has 0 bridgehead atoms. The average Bonchev–Trinajstić information content (AvgIpc) is 2.75. The third kappa shape index (κ3) is 5.08. The maximum Gasteiger partial charge on any atom is 0.278 e.